The summed E-state index contributed by atoms with van der Waals surface area (Å²) in [6, 6.07) is 74.2. The van der Waals surface area contributed by atoms with Gasteiger partial charge in [-0.3, -0.25) is 4.57 Å². The summed E-state index contributed by atoms with van der Waals surface area (Å²) in [5, 5.41) is 9.49. The van der Waals surface area contributed by atoms with Crippen LogP contribution < -0.4 is 0 Å². The molecule has 0 fully saturated rings. The molecule has 13 rings (SSSR count). The van der Waals surface area contributed by atoms with Crippen LogP contribution in [0.25, 0.3) is 120 Å². The molecule has 61 heavy (non-hydrogen) atoms. The van der Waals surface area contributed by atoms with Crippen molar-refractivity contribution < 1.29 is 0 Å². The molecule has 0 atom stereocenters. The second kappa shape index (κ2) is 13.3. The molecule has 4 heterocycles. The standard InChI is InChI=1S/C56H34N4S/c1-4-16-36(17-5-1)51-34-44-50(61-51)32-29-45-54(44)55(37-18-6-2-7-19-37)58-56(57-45)60-47-30-28-38(33-43(47)53-40-22-11-10-15-35(40)27-31-49(53)60)41-24-14-26-48-52(41)42-23-12-13-25-46(42)59(48)39-20-8-3-9-21-39/h1-34H. The zero-order valence-electron chi connectivity index (χ0n) is 32.8. The van der Waals surface area contributed by atoms with E-state index in [9.17, 15) is 0 Å². The second-order valence-electron chi connectivity index (χ2n) is 15.7. The first kappa shape index (κ1) is 34.0. The maximum Gasteiger partial charge on any atom is 0.235 e. The van der Waals surface area contributed by atoms with Gasteiger partial charge >= 0.3 is 0 Å². The van der Waals surface area contributed by atoms with Crippen molar-refractivity contribution in [2.75, 3.05) is 0 Å². The highest BCUT2D eigenvalue weighted by Gasteiger charge is 2.22. The number of thiophene rings is 1. The Hall–Kier alpha value is -7.86. The minimum Gasteiger partial charge on any atom is -0.309 e. The molecule has 0 aliphatic rings. The third kappa shape index (κ3) is 5.18. The topological polar surface area (TPSA) is 35.6 Å². The van der Waals surface area contributed by atoms with Gasteiger partial charge in [0.2, 0.25) is 5.95 Å². The number of para-hydroxylation sites is 2. The zero-order chi connectivity index (χ0) is 40.0. The van der Waals surface area contributed by atoms with Gasteiger partial charge in [-0.05, 0) is 88.1 Å². The molecule has 0 radical (unpaired) electrons. The van der Waals surface area contributed by atoms with Gasteiger partial charge in [0, 0.05) is 53.1 Å². The van der Waals surface area contributed by atoms with E-state index < -0.39 is 0 Å². The average molecular weight is 795 g/mol. The molecule has 4 aromatic heterocycles. The maximum absolute atomic E-state index is 5.57. The molecule has 0 aliphatic heterocycles. The summed E-state index contributed by atoms with van der Waals surface area (Å²) < 4.78 is 5.89. The lowest BCUT2D eigenvalue weighted by atomic mass is 9.97. The van der Waals surface area contributed by atoms with Crippen molar-refractivity contribution in [3.8, 4) is 44.5 Å². The second-order valence-corrected chi connectivity index (χ2v) is 16.8. The SMILES string of the molecule is c1ccc(-c2cc3c(ccc4nc(-n5c6ccc(-c7cccc8c7c7ccccc7n8-c7ccccc7)cc6c6c7ccccc7ccc65)nc(-c5ccccc5)c43)s2)cc1. The fourth-order valence-corrected chi connectivity index (χ4v) is 10.7. The van der Waals surface area contributed by atoms with Crippen molar-refractivity contribution in [2.45, 2.75) is 0 Å². The van der Waals surface area contributed by atoms with Gasteiger partial charge in [-0.15, -0.1) is 11.3 Å². The molecular weight excluding hydrogens is 761 g/mol. The summed E-state index contributed by atoms with van der Waals surface area (Å²) >= 11 is 1.81. The van der Waals surface area contributed by atoms with Crippen molar-refractivity contribution in [1.29, 1.82) is 0 Å². The van der Waals surface area contributed by atoms with Crippen molar-refractivity contribution in [1.82, 2.24) is 19.1 Å². The van der Waals surface area contributed by atoms with E-state index in [0.717, 1.165) is 38.9 Å². The van der Waals surface area contributed by atoms with E-state index in [1.807, 2.05) is 11.3 Å². The molecule has 0 N–H and O–H groups in total. The molecule has 0 saturated carbocycles. The minimum absolute atomic E-state index is 0.653. The molecule has 4 nitrogen and oxygen atoms in total. The first-order valence-electron chi connectivity index (χ1n) is 20.7. The predicted octanol–water partition coefficient (Wildman–Crippen LogP) is 15.2. The van der Waals surface area contributed by atoms with E-state index in [2.05, 4.69) is 215 Å². The lowest BCUT2D eigenvalue weighted by molar-refractivity contribution is 1.01. The first-order valence-corrected chi connectivity index (χ1v) is 21.5. The molecule has 0 bridgehead atoms. The summed E-state index contributed by atoms with van der Waals surface area (Å²) in [4.78, 5) is 12.3. The molecule has 0 unspecified atom stereocenters. The van der Waals surface area contributed by atoms with Crippen LogP contribution in [-0.4, -0.2) is 19.1 Å². The molecule has 13 aromatic rings. The smallest absolute Gasteiger partial charge is 0.235 e. The van der Waals surface area contributed by atoms with Crippen LogP contribution >= 0.6 is 11.3 Å². The normalized spacial score (nSPS) is 11.9. The molecule has 284 valence electrons. The average Bonchev–Trinajstić information content (AvgIpc) is 4.02. The van der Waals surface area contributed by atoms with Gasteiger partial charge in [0.05, 0.1) is 33.3 Å². The Morgan fingerprint density at radius 2 is 1.05 bits per heavy atom. The van der Waals surface area contributed by atoms with Crippen molar-refractivity contribution in [3.05, 3.63) is 206 Å². The van der Waals surface area contributed by atoms with E-state index in [1.165, 1.54) is 75.0 Å². The molecule has 0 spiro atoms. The number of benzene rings is 9. The number of fused-ring (bicyclic) bond motifs is 11. The summed E-state index contributed by atoms with van der Waals surface area (Å²) in [6.07, 6.45) is 0. The predicted molar refractivity (Wildman–Crippen MR) is 257 cm³/mol. The van der Waals surface area contributed by atoms with Gasteiger partial charge in [-0.2, -0.15) is 0 Å². The number of hydrogen-bond acceptors (Lipinski definition) is 3. The van der Waals surface area contributed by atoms with E-state index in [1.54, 1.807) is 0 Å². The Balaban J connectivity index is 1.09. The third-order valence-corrected chi connectivity index (χ3v) is 13.5. The molecule has 9 aromatic carbocycles. The first-order chi connectivity index (χ1) is 30.3. The van der Waals surface area contributed by atoms with E-state index in [-0.39, 0.29) is 0 Å². The van der Waals surface area contributed by atoms with Crippen LogP contribution in [0.5, 0.6) is 0 Å². The van der Waals surface area contributed by atoms with E-state index in [0.29, 0.717) is 5.95 Å². The quantitative estimate of drug-likeness (QED) is 0.174. The van der Waals surface area contributed by atoms with Crippen LogP contribution in [-0.2, 0) is 0 Å². The van der Waals surface area contributed by atoms with Gasteiger partial charge in [-0.25, -0.2) is 9.97 Å². The van der Waals surface area contributed by atoms with Crippen LogP contribution in [0.4, 0.5) is 0 Å². The number of nitrogens with zero attached hydrogens (tertiary/aromatic N) is 4. The van der Waals surface area contributed by atoms with Crippen LogP contribution in [0.2, 0.25) is 0 Å². The lowest BCUT2D eigenvalue weighted by Gasteiger charge is -2.13. The molecule has 5 heteroatoms. The highest BCUT2D eigenvalue weighted by molar-refractivity contribution is 7.22. The number of aromatic nitrogens is 4. The summed E-state index contributed by atoms with van der Waals surface area (Å²) in [5.41, 5.74) is 12.2. The lowest BCUT2D eigenvalue weighted by Crippen LogP contribution is -2.03. The van der Waals surface area contributed by atoms with Gasteiger partial charge in [0.1, 0.15) is 0 Å². The Kier molecular flexibility index (Phi) is 7.44. The Labute approximate surface area is 354 Å². The number of rotatable bonds is 5. The molecule has 0 aliphatic carbocycles. The van der Waals surface area contributed by atoms with Gasteiger partial charge in [0.15, 0.2) is 0 Å². The molecule has 0 amide bonds. The number of hydrogen-bond donors (Lipinski definition) is 0. The van der Waals surface area contributed by atoms with E-state index in [4.69, 9.17) is 9.97 Å². The summed E-state index contributed by atoms with van der Waals surface area (Å²) in [7, 11) is 0. The van der Waals surface area contributed by atoms with Crippen LogP contribution in [0, 0.1) is 0 Å². The Bertz CT molecular complexity index is 3860. The molecule has 0 saturated heterocycles. The van der Waals surface area contributed by atoms with Crippen LogP contribution in [0.3, 0.4) is 0 Å². The Morgan fingerprint density at radius 3 is 1.89 bits per heavy atom. The van der Waals surface area contributed by atoms with Crippen molar-refractivity contribution in [2.24, 2.45) is 0 Å². The minimum atomic E-state index is 0.653. The van der Waals surface area contributed by atoms with Crippen molar-refractivity contribution >= 4 is 86.7 Å². The largest absolute Gasteiger partial charge is 0.309 e. The Morgan fingerprint density at radius 1 is 0.377 bits per heavy atom. The fraction of sp³-hybridized carbons (Fsp3) is 0. The van der Waals surface area contributed by atoms with Gasteiger partial charge in [0.25, 0.3) is 0 Å². The monoisotopic (exact) mass is 794 g/mol. The summed E-state index contributed by atoms with van der Waals surface area (Å²) in [6.45, 7) is 0. The van der Waals surface area contributed by atoms with Crippen LogP contribution in [0.15, 0.2) is 206 Å². The highest BCUT2D eigenvalue weighted by atomic mass is 32.1. The zero-order valence-corrected chi connectivity index (χ0v) is 33.6. The van der Waals surface area contributed by atoms with Crippen LogP contribution in [0.1, 0.15) is 0 Å². The van der Waals surface area contributed by atoms with Gasteiger partial charge < -0.3 is 4.57 Å². The third-order valence-electron chi connectivity index (χ3n) is 12.3. The van der Waals surface area contributed by atoms with E-state index >= 15 is 0 Å². The highest BCUT2D eigenvalue weighted by Crippen LogP contribution is 2.44. The summed E-state index contributed by atoms with van der Waals surface area (Å²) in [5.74, 6) is 0.653. The van der Waals surface area contributed by atoms with Gasteiger partial charge in [-0.1, -0.05) is 146 Å². The maximum atomic E-state index is 5.57. The molecular formula is C56H34N4S. The fourth-order valence-electron chi connectivity index (χ4n) is 9.67. The van der Waals surface area contributed by atoms with Crippen molar-refractivity contribution in [3.63, 3.8) is 0 Å².